The summed E-state index contributed by atoms with van der Waals surface area (Å²) >= 11 is 3.20. The lowest BCUT2D eigenvalue weighted by atomic mass is 9.95. The van der Waals surface area contributed by atoms with E-state index in [4.69, 9.17) is 0 Å². The van der Waals surface area contributed by atoms with Crippen LogP contribution in [0, 0.1) is 5.92 Å². The Labute approximate surface area is 114 Å². The van der Waals surface area contributed by atoms with E-state index < -0.39 is 0 Å². The number of Topliss-reactive ketones (excluding diaryl/α,β-unsaturated/α-hetero) is 1. The average Bonchev–Trinajstić information content (AvgIpc) is 2.40. The maximum absolute atomic E-state index is 11.4. The van der Waals surface area contributed by atoms with Gasteiger partial charge in [0.25, 0.3) is 0 Å². The maximum Gasteiger partial charge on any atom is 0.150 e. The Balaban J connectivity index is 0.00000121. The summed E-state index contributed by atoms with van der Waals surface area (Å²) < 4.78 is 0. The number of carbonyl (C=O) groups excluding carboxylic acids is 1. The maximum atomic E-state index is 11.4. The highest BCUT2D eigenvalue weighted by molar-refractivity contribution is 9.09. The van der Waals surface area contributed by atoms with Crippen molar-refractivity contribution in [2.45, 2.75) is 33.6 Å². The Morgan fingerprint density at radius 3 is 2.59 bits per heavy atom. The van der Waals surface area contributed by atoms with Gasteiger partial charge in [-0.15, -0.1) is 0 Å². The van der Waals surface area contributed by atoms with Gasteiger partial charge in [0, 0.05) is 25.2 Å². The number of hydrogen-bond donors (Lipinski definition) is 0. The Bertz CT molecular complexity index is 284. The first-order chi connectivity index (χ1) is 8.19. The zero-order valence-electron chi connectivity index (χ0n) is 11.4. The first kappa shape index (κ1) is 16.4. The first-order valence-electron chi connectivity index (χ1n) is 6.37. The second-order valence-corrected chi connectivity index (χ2v) is 4.41. The molecular weight excluding hydrogens is 278 g/mol. The molecule has 0 heterocycles. The predicted molar refractivity (Wildman–Crippen MR) is 78.4 cm³/mol. The summed E-state index contributed by atoms with van der Waals surface area (Å²) in [5.74, 6) is 0.336. The number of likely N-dealkylation sites (N-methyl/N-ethyl adjacent to an activating group) is 1. The number of allylic oxidation sites excluding steroid dienone is 3. The van der Waals surface area contributed by atoms with Crippen LogP contribution < -0.4 is 0 Å². The molecule has 0 radical (unpaired) electrons. The molecular formula is C14H24BrNO. The van der Waals surface area contributed by atoms with Crippen molar-refractivity contribution in [1.29, 1.82) is 0 Å². The van der Waals surface area contributed by atoms with Gasteiger partial charge in [-0.05, 0) is 18.9 Å². The van der Waals surface area contributed by atoms with Crippen LogP contribution in [0.2, 0.25) is 0 Å². The normalized spacial score (nSPS) is 17.9. The monoisotopic (exact) mass is 301 g/mol. The SMILES string of the molecule is CC.CCCN(C)C1=CCC(C(=O)CBr)C=C1. The molecule has 0 saturated carbocycles. The molecule has 0 aromatic heterocycles. The van der Waals surface area contributed by atoms with Crippen molar-refractivity contribution in [3.63, 3.8) is 0 Å². The van der Waals surface area contributed by atoms with Gasteiger partial charge >= 0.3 is 0 Å². The van der Waals surface area contributed by atoms with Crippen LogP contribution in [-0.4, -0.2) is 29.6 Å². The average molecular weight is 302 g/mol. The fourth-order valence-electron chi connectivity index (χ4n) is 1.69. The minimum absolute atomic E-state index is 0.0724. The molecule has 0 aromatic rings. The molecule has 1 rings (SSSR count). The molecule has 1 aliphatic carbocycles. The molecule has 0 spiro atoms. The fraction of sp³-hybridized carbons (Fsp3) is 0.643. The van der Waals surface area contributed by atoms with Gasteiger partial charge in [0.1, 0.15) is 0 Å². The van der Waals surface area contributed by atoms with E-state index >= 15 is 0 Å². The van der Waals surface area contributed by atoms with Crippen molar-refractivity contribution in [2.75, 3.05) is 18.9 Å². The number of nitrogens with zero attached hydrogens (tertiary/aromatic N) is 1. The summed E-state index contributed by atoms with van der Waals surface area (Å²) in [5, 5.41) is 0.454. The lowest BCUT2D eigenvalue weighted by Crippen LogP contribution is -2.21. The molecule has 0 N–H and O–H groups in total. The molecule has 0 amide bonds. The Morgan fingerprint density at radius 2 is 2.18 bits per heavy atom. The second-order valence-electron chi connectivity index (χ2n) is 3.85. The summed E-state index contributed by atoms with van der Waals surface area (Å²) in [5.41, 5.74) is 1.23. The Hall–Kier alpha value is -0.570. The van der Waals surface area contributed by atoms with Crippen LogP contribution >= 0.6 is 15.9 Å². The van der Waals surface area contributed by atoms with E-state index in [1.807, 2.05) is 19.9 Å². The van der Waals surface area contributed by atoms with Crippen molar-refractivity contribution in [1.82, 2.24) is 4.90 Å². The highest BCUT2D eigenvalue weighted by atomic mass is 79.9. The molecule has 17 heavy (non-hydrogen) atoms. The smallest absolute Gasteiger partial charge is 0.150 e. The third-order valence-corrected chi connectivity index (χ3v) is 3.18. The lowest BCUT2D eigenvalue weighted by Gasteiger charge is -2.23. The van der Waals surface area contributed by atoms with Gasteiger partial charge in [0.05, 0.1) is 5.33 Å². The molecule has 1 aliphatic rings. The van der Waals surface area contributed by atoms with Gasteiger partial charge < -0.3 is 4.90 Å². The number of ketones is 1. The molecule has 0 aliphatic heterocycles. The molecule has 1 atom stereocenters. The van der Waals surface area contributed by atoms with Crippen LogP contribution in [0.5, 0.6) is 0 Å². The first-order valence-corrected chi connectivity index (χ1v) is 7.49. The highest BCUT2D eigenvalue weighted by Gasteiger charge is 2.16. The third-order valence-electron chi connectivity index (χ3n) is 2.63. The van der Waals surface area contributed by atoms with Crippen LogP contribution in [0.25, 0.3) is 0 Å². The van der Waals surface area contributed by atoms with Gasteiger partial charge in [0.15, 0.2) is 5.78 Å². The molecule has 2 nitrogen and oxygen atoms in total. The van der Waals surface area contributed by atoms with Crippen LogP contribution in [0.4, 0.5) is 0 Å². The number of alkyl halides is 1. The number of halogens is 1. The molecule has 3 heteroatoms. The molecule has 0 saturated heterocycles. The van der Waals surface area contributed by atoms with Crippen molar-refractivity contribution in [3.05, 3.63) is 23.9 Å². The van der Waals surface area contributed by atoms with Crippen LogP contribution in [0.15, 0.2) is 23.9 Å². The minimum atomic E-state index is 0.0724. The molecule has 0 bridgehead atoms. The van der Waals surface area contributed by atoms with E-state index in [2.05, 4.69) is 47.0 Å². The summed E-state index contributed by atoms with van der Waals surface area (Å²) in [6.07, 6.45) is 8.21. The van der Waals surface area contributed by atoms with E-state index in [1.165, 1.54) is 5.70 Å². The molecule has 0 fully saturated rings. The number of hydrogen-bond acceptors (Lipinski definition) is 2. The van der Waals surface area contributed by atoms with Gasteiger partial charge in [-0.25, -0.2) is 0 Å². The molecule has 98 valence electrons. The fourth-order valence-corrected chi connectivity index (χ4v) is 2.11. The van der Waals surface area contributed by atoms with Crippen molar-refractivity contribution >= 4 is 21.7 Å². The van der Waals surface area contributed by atoms with Crippen LogP contribution in [0.3, 0.4) is 0 Å². The molecule has 0 aromatic carbocycles. The van der Waals surface area contributed by atoms with Crippen LogP contribution in [-0.2, 0) is 4.79 Å². The highest BCUT2D eigenvalue weighted by Crippen LogP contribution is 2.19. The Kier molecular flexibility index (Phi) is 9.14. The van der Waals surface area contributed by atoms with Crippen molar-refractivity contribution in [2.24, 2.45) is 5.92 Å². The zero-order chi connectivity index (χ0) is 13.3. The van der Waals surface area contributed by atoms with Crippen LogP contribution in [0.1, 0.15) is 33.6 Å². The van der Waals surface area contributed by atoms with Gasteiger partial charge in [-0.2, -0.15) is 0 Å². The van der Waals surface area contributed by atoms with Gasteiger partial charge in [-0.3, -0.25) is 4.79 Å². The predicted octanol–water partition coefficient (Wildman–Crippen LogP) is 3.78. The Morgan fingerprint density at radius 1 is 1.53 bits per heavy atom. The number of carbonyl (C=O) groups is 1. The lowest BCUT2D eigenvalue weighted by molar-refractivity contribution is -0.118. The summed E-state index contributed by atoms with van der Waals surface area (Å²) in [7, 11) is 2.09. The quantitative estimate of drug-likeness (QED) is 0.720. The van der Waals surface area contributed by atoms with E-state index in [0.717, 1.165) is 19.4 Å². The second kappa shape index (κ2) is 9.46. The van der Waals surface area contributed by atoms with E-state index in [-0.39, 0.29) is 11.7 Å². The number of rotatable bonds is 5. The minimum Gasteiger partial charge on any atom is -0.375 e. The van der Waals surface area contributed by atoms with Crippen molar-refractivity contribution in [3.8, 4) is 0 Å². The standard InChI is InChI=1S/C12H18BrNO.C2H6/c1-3-8-14(2)11-6-4-10(5-7-11)12(15)9-13;1-2/h4,6-7,10H,3,5,8-9H2,1-2H3;1-2H3. The van der Waals surface area contributed by atoms with Crippen molar-refractivity contribution < 1.29 is 4.79 Å². The van der Waals surface area contributed by atoms with E-state index in [0.29, 0.717) is 5.33 Å². The zero-order valence-corrected chi connectivity index (χ0v) is 13.0. The topological polar surface area (TPSA) is 20.3 Å². The largest absolute Gasteiger partial charge is 0.375 e. The molecule has 1 unspecified atom stereocenters. The third kappa shape index (κ3) is 5.53. The van der Waals surface area contributed by atoms with E-state index in [9.17, 15) is 4.79 Å². The van der Waals surface area contributed by atoms with Gasteiger partial charge in [-0.1, -0.05) is 48.9 Å². The van der Waals surface area contributed by atoms with Gasteiger partial charge in [0.2, 0.25) is 0 Å². The summed E-state index contributed by atoms with van der Waals surface area (Å²) in [6, 6.07) is 0. The van der Waals surface area contributed by atoms with E-state index in [1.54, 1.807) is 0 Å². The summed E-state index contributed by atoms with van der Waals surface area (Å²) in [4.78, 5) is 13.7. The summed E-state index contributed by atoms with van der Waals surface area (Å²) in [6.45, 7) is 7.23.